The number of carbonyl (C=O) groups is 1. The first-order valence-corrected chi connectivity index (χ1v) is 13.6. The third kappa shape index (κ3) is 5.77. The lowest BCUT2D eigenvalue weighted by Crippen LogP contribution is -2.28. The Labute approximate surface area is 204 Å². The van der Waals surface area contributed by atoms with Gasteiger partial charge >= 0.3 is 5.97 Å². The van der Waals surface area contributed by atoms with Crippen molar-refractivity contribution in [2.75, 3.05) is 24.7 Å². The van der Waals surface area contributed by atoms with Crippen molar-refractivity contribution < 1.29 is 23.7 Å². The number of anilines is 1. The molecule has 34 heavy (non-hydrogen) atoms. The highest BCUT2D eigenvalue weighted by Crippen LogP contribution is 2.63. The number of benzene rings is 2. The average molecular weight is 488 g/mol. The molecule has 0 bridgehead atoms. The van der Waals surface area contributed by atoms with Crippen molar-refractivity contribution in [3.05, 3.63) is 65.9 Å². The van der Waals surface area contributed by atoms with E-state index in [1.54, 1.807) is 6.07 Å². The molecule has 0 spiro atoms. The van der Waals surface area contributed by atoms with E-state index in [-0.39, 0.29) is 11.3 Å². The van der Waals surface area contributed by atoms with Crippen molar-refractivity contribution >= 4 is 22.2 Å². The molecule has 2 aromatic rings. The van der Waals surface area contributed by atoms with Crippen LogP contribution in [-0.4, -0.2) is 40.0 Å². The molecule has 1 aliphatic rings. The van der Waals surface area contributed by atoms with Crippen LogP contribution in [0.15, 0.2) is 59.7 Å². The summed E-state index contributed by atoms with van der Waals surface area (Å²) in [5.41, 5.74) is 2.61. The van der Waals surface area contributed by atoms with Crippen molar-refractivity contribution in [1.82, 2.24) is 0 Å². The predicted molar refractivity (Wildman–Crippen MR) is 139 cm³/mol. The van der Waals surface area contributed by atoms with Gasteiger partial charge in [-0.3, -0.25) is 9.11 Å². The van der Waals surface area contributed by atoms with Gasteiger partial charge in [0.2, 0.25) is 0 Å². The Kier molecular flexibility index (Phi) is 8.34. The molecule has 1 heterocycles. The average Bonchev–Trinajstić information content (AvgIpc) is 2.90. The Morgan fingerprint density at radius 3 is 2.50 bits per heavy atom. The zero-order valence-electron chi connectivity index (χ0n) is 20.5. The number of aliphatic carboxylic acids is 1. The lowest BCUT2D eigenvalue weighted by molar-refractivity contribution is -0.131. The normalized spacial score (nSPS) is 22.6. The zero-order chi connectivity index (χ0) is 24.9. The van der Waals surface area contributed by atoms with E-state index in [1.807, 2.05) is 43.3 Å². The number of ether oxygens (including phenoxy) is 1. The number of unbranched alkanes of at least 4 members (excludes halogenated alkanes) is 1. The highest BCUT2D eigenvalue weighted by Gasteiger charge is 2.43. The molecule has 3 rings (SSSR count). The second-order valence-corrected chi connectivity index (χ2v) is 11.5. The van der Waals surface area contributed by atoms with Crippen molar-refractivity contribution in [3.63, 3.8) is 0 Å². The van der Waals surface area contributed by atoms with Gasteiger partial charge in [0.25, 0.3) is 0 Å². The number of fused-ring (bicyclic) bond motifs is 1. The van der Waals surface area contributed by atoms with Crippen LogP contribution < -0.4 is 9.64 Å². The molecule has 0 fully saturated rings. The van der Waals surface area contributed by atoms with Crippen LogP contribution in [0.4, 0.5) is 5.69 Å². The Morgan fingerprint density at radius 1 is 1.21 bits per heavy atom. The molecule has 7 heteroatoms. The minimum Gasteiger partial charge on any atom is -0.478 e. The number of hydrogen-bond donors (Lipinski definition) is 3. The molecule has 2 unspecified atom stereocenters. The van der Waals surface area contributed by atoms with Crippen LogP contribution in [0.25, 0.3) is 0 Å². The summed E-state index contributed by atoms with van der Waals surface area (Å²) in [7, 11) is 0.662. The van der Waals surface area contributed by atoms with Gasteiger partial charge in [-0.15, -0.1) is 0 Å². The van der Waals surface area contributed by atoms with Crippen molar-refractivity contribution in [1.29, 1.82) is 0 Å². The van der Waals surface area contributed by atoms with Crippen LogP contribution in [0.3, 0.4) is 0 Å². The van der Waals surface area contributed by atoms with Gasteiger partial charge in [0.05, 0.1) is 22.9 Å². The second-order valence-electron chi connectivity index (χ2n) is 9.45. The quantitative estimate of drug-likeness (QED) is 0.262. The SMILES string of the molecule is CCCCC1(CC)CC(c2ccccc2)c2cc(N(C)C)c(O/C=C/C(=O)O)cc2S(O)(O)C1. The monoisotopic (exact) mass is 487 g/mol. The number of rotatable bonds is 9. The van der Waals surface area contributed by atoms with E-state index in [0.29, 0.717) is 16.4 Å². The van der Waals surface area contributed by atoms with Crippen LogP contribution >= 0.6 is 10.6 Å². The van der Waals surface area contributed by atoms with Gasteiger partial charge in [0.1, 0.15) is 0 Å². The molecule has 3 N–H and O–H groups in total. The highest BCUT2D eigenvalue weighted by atomic mass is 32.3. The maximum atomic E-state index is 11.6. The van der Waals surface area contributed by atoms with Gasteiger partial charge in [-0.25, -0.2) is 4.79 Å². The van der Waals surface area contributed by atoms with Crippen molar-refractivity contribution in [2.24, 2.45) is 5.41 Å². The molecule has 0 amide bonds. The minimum atomic E-state index is -3.11. The molecule has 0 aromatic heterocycles. The van der Waals surface area contributed by atoms with E-state index in [1.165, 1.54) is 0 Å². The maximum absolute atomic E-state index is 11.6. The molecule has 0 saturated heterocycles. The minimum absolute atomic E-state index is 0.00370. The van der Waals surface area contributed by atoms with Gasteiger partial charge in [-0.1, -0.05) is 57.0 Å². The third-order valence-corrected chi connectivity index (χ3v) is 8.94. The first kappa shape index (κ1) is 26.1. The van der Waals surface area contributed by atoms with Crippen molar-refractivity contribution in [3.8, 4) is 5.75 Å². The molecule has 6 nitrogen and oxygen atoms in total. The van der Waals surface area contributed by atoms with Crippen LogP contribution in [0.2, 0.25) is 0 Å². The Balaban J connectivity index is 2.24. The summed E-state index contributed by atoms with van der Waals surface area (Å²) < 4.78 is 28.8. The summed E-state index contributed by atoms with van der Waals surface area (Å²) >= 11 is 0. The molecule has 0 aliphatic carbocycles. The fourth-order valence-electron chi connectivity index (χ4n) is 4.97. The fraction of sp³-hybridized carbons (Fsp3) is 0.444. The molecule has 0 saturated carbocycles. The molecule has 186 valence electrons. The molecule has 0 radical (unpaired) electrons. The summed E-state index contributed by atoms with van der Waals surface area (Å²) in [6.45, 7) is 4.32. The summed E-state index contributed by atoms with van der Waals surface area (Å²) in [5, 5.41) is 8.95. The Morgan fingerprint density at radius 2 is 1.91 bits per heavy atom. The van der Waals surface area contributed by atoms with Gasteiger partial charge < -0.3 is 14.7 Å². The molecular weight excluding hydrogens is 450 g/mol. The predicted octanol–water partition coefficient (Wildman–Crippen LogP) is 6.96. The summed E-state index contributed by atoms with van der Waals surface area (Å²) in [4.78, 5) is 13.3. The lowest BCUT2D eigenvalue weighted by Gasteiger charge is -2.41. The largest absolute Gasteiger partial charge is 0.478 e. The zero-order valence-corrected chi connectivity index (χ0v) is 21.3. The van der Waals surface area contributed by atoms with E-state index in [4.69, 9.17) is 9.84 Å². The van der Waals surface area contributed by atoms with E-state index in [0.717, 1.165) is 61.3 Å². The van der Waals surface area contributed by atoms with Crippen LogP contribution in [0.5, 0.6) is 5.75 Å². The fourth-order valence-corrected chi connectivity index (χ4v) is 7.32. The lowest BCUT2D eigenvalue weighted by atomic mass is 9.71. The van der Waals surface area contributed by atoms with E-state index in [9.17, 15) is 13.9 Å². The van der Waals surface area contributed by atoms with Gasteiger partial charge in [-0.05, 0) is 41.9 Å². The number of hydrogen-bond acceptors (Lipinski definition) is 5. The van der Waals surface area contributed by atoms with Gasteiger partial charge in [0, 0.05) is 31.8 Å². The van der Waals surface area contributed by atoms with E-state index >= 15 is 0 Å². The van der Waals surface area contributed by atoms with Crippen LogP contribution in [0, 0.1) is 5.41 Å². The first-order valence-electron chi connectivity index (χ1n) is 11.8. The Hall–Kier alpha value is -2.48. The summed E-state index contributed by atoms with van der Waals surface area (Å²) in [6, 6.07) is 14.0. The standard InChI is InChI=1S/C27H37NO5S/c1-5-7-14-27(6-2)18-22(20-11-9-8-10-12-20)21-16-23(28(3)4)24(33-15-13-26(29)30)17-25(21)34(31,32)19-27/h8-13,15-17,22,31-32H,5-7,14,18-19H2,1-4H3,(H,29,30)/b15-13+. The Bertz CT molecular complexity index is 1020. The molecular formula is C27H37NO5S. The number of carboxylic acid groups (broad SMARTS) is 1. The highest BCUT2D eigenvalue weighted by molar-refractivity contribution is 8.24. The third-order valence-electron chi connectivity index (χ3n) is 6.86. The topological polar surface area (TPSA) is 90.2 Å². The van der Waals surface area contributed by atoms with Crippen LogP contribution in [-0.2, 0) is 4.79 Å². The van der Waals surface area contributed by atoms with Gasteiger partial charge in [-0.2, -0.15) is 10.6 Å². The van der Waals surface area contributed by atoms with E-state index < -0.39 is 16.6 Å². The maximum Gasteiger partial charge on any atom is 0.331 e. The number of carboxylic acids is 1. The van der Waals surface area contributed by atoms with E-state index in [2.05, 4.69) is 26.0 Å². The van der Waals surface area contributed by atoms with Crippen LogP contribution in [0.1, 0.15) is 63.0 Å². The van der Waals surface area contributed by atoms with Crippen molar-refractivity contribution in [2.45, 2.75) is 56.8 Å². The van der Waals surface area contributed by atoms with Gasteiger partial charge in [0.15, 0.2) is 5.75 Å². The first-order chi connectivity index (χ1) is 16.1. The molecule has 2 aromatic carbocycles. The summed E-state index contributed by atoms with van der Waals surface area (Å²) in [5.74, 6) is -0.397. The summed E-state index contributed by atoms with van der Waals surface area (Å²) in [6.07, 6.45) is 6.78. The molecule has 1 aliphatic heterocycles. The number of nitrogens with zero attached hydrogens (tertiary/aromatic N) is 1. The molecule has 2 atom stereocenters. The second kappa shape index (κ2) is 10.8. The smallest absolute Gasteiger partial charge is 0.331 e.